The van der Waals surface area contributed by atoms with Crippen molar-refractivity contribution in [1.29, 1.82) is 0 Å². The number of carbonyl (C=O) groups excluding carboxylic acids is 2. The smallest absolute Gasteiger partial charge is 0.387 e. The lowest BCUT2D eigenvalue weighted by Gasteiger charge is -2.36. The summed E-state index contributed by atoms with van der Waals surface area (Å²) < 4.78 is 80.4. The van der Waals surface area contributed by atoms with Crippen molar-refractivity contribution in [3.05, 3.63) is 74.7 Å². The summed E-state index contributed by atoms with van der Waals surface area (Å²) >= 11 is 0. The first-order valence-electron chi connectivity index (χ1n) is 14.9. The second kappa shape index (κ2) is 12.2. The average Bonchev–Trinajstić information content (AvgIpc) is 3.31. The van der Waals surface area contributed by atoms with Gasteiger partial charge in [-0.15, -0.1) is 0 Å². The second-order valence-electron chi connectivity index (χ2n) is 12.4. The van der Waals surface area contributed by atoms with Gasteiger partial charge in [-0.3, -0.25) is 14.6 Å². The fourth-order valence-corrected chi connectivity index (χ4v) is 7.45. The van der Waals surface area contributed by atoms with Crippen molar-refractivity contribution >= 4 is 33.7 Å². The minimum atomic E-state index is -4.50. The Hall–Kier alpha value is -3.62. The van der Waals surface area contributed by atoms with E-state index in [1.807, 2.05) is 0 Å². The molecule has 0 atom stereocenters. The molecule has 1 spiro atoms. The highest BCUT2D eigenvalue weighted by atomic mass is 32.2. The van der Waals surface area contributed by atoms with E-state index in [1.165, 1.54) is 29.4 Å². The maximum atomic E-state index is 13.3. The zero-order valence-electron chi connectivity index (χ0n) is 25.7. The van der Waals surface area contributed by atoms with Crippen LogP contribution in [0, 0.1) is 20.8 Å². The number of hydrogen-bond acceptors (Lipinski definition) is 6. The van der Waals surface area contributed by atoms with Crippen molar-refractivity contribution in [1.82, 2.24) is 14.5 Å². The maximum Gasteiger partial charge on any atom is 0.416 e. The highest BCUT2D eigenvalue weighted by Crippen LogP contribution is 2.35. The van der Waals surface area contributed by atoms with Crippen LogP contribution in [0.2, 0.25) is 0 Å². The number of halogens is 4. The van der Waals surface area contributed by atoms with Gasteiger partial charge in [-0.05, 0) is 99.0 Å². The van der Waals surface area contributed by atoms with Crippen LogP contribution in [0.3, 0.4) is 0 Å². The van der Waals surface area contributed by atoms with Gasteiger partial charge in [0.15, 0.2) is 0 Å². The van der Waals surface area contributed by atoms with E-state index in [0.29, 0.717) is 27.8 Å². The molecule has 2 N–H and O–H groups in total. The van der Waals surface area contributed by atoms with E-state index >= 15 is 0 Å². The number of aryl methyl sites for hydroxylation is 3. The molecule has 14 heteroatoms. The van der Waals surface area contributed by atoms with Crippen LogP contribution >= 0.6 is 0 Å². The molecule has 2 saturated heterocycles. The van der Waals surface area contributed by atoms with E-state index in [-0.39, 0.29) is 69.2 Å². The fourth-order valence-electron chi connectivity index (χ4n) is 6.28. The number of piperidine rings is 2. The van der Waals surface area contributed by atoms with Crippen molar-refractivity contribution in [3.63, 3.8) is 0 Å². The predicted molar refractivity (Wildman–Crippen MR) is 164 cm³/mol. The lowest BCUT2D eigenvalue weighted by atomic mass is 9.89. The first kappa shape index (κ1) is 33.7. The molecule has 0 unspecified atom stereocenters. The molecule has 0 radical (unpaired) electrons. The zero-order chi connectivity index (χ0) is 33.7. The van der Waals surface area contributed by atoms with Crippen LogP contribution in [-0.4, -0.2) is 84.4 Å². The lowest BCUT2D eigenvalue weighted by molar-refractivity contribution is -0.138. The zero-order valence-corrected chi connectivity index (χ0v) is 26.6. The van der Waals surface area contributed by atoms with Crippen molar-refractivity contribution in [2.75, 3.05) is 32.9 Å². The Balaban J connectivity index is 1.25. The van der Waals surface area contributed by atoms with Crippen LogP contribution in [0.5, 0.6) is 0 Å². The maximum absolute atomic E-state index is 13.3. The summed E-state index contributed by atoms with van der Waals surface area (Å²) in [5, 5.41) is 13.9. The summed E-state index contributed by atoms with van der Waals surface area (Å²) in [7, 11) is -3.89. The van der Waals surface area contributed by atoms with Crippen LogP contribution in [0.1, 0.15) is 69.4 Å². The van der Waals surface area contributed by atoms with Gasteiger partial charge in [-0.25, -0.2) is 12.8 Å². The largest absolute Gasteiger partial charge is 0.416 e. The minimum Gasteiger partial charge on any atom is -0.387 e. The SMILES string of the molecule is Cc1cc(C2=NC3(CCN(S(=O)(=O)C=Cc4c(C)cc(C(=O)N5CCC(O)(CF)CC5)cc4C)CC3)C(=O)N2)ccc1C(F)(F)F. The fraction of sp³-hybridized carbons (Fsp3) is 0.469. The Morgan fingerprint density at radius 1 is 1.00 bits per heavy atom. The number of alkyl halides is 4. The Kier molecular flexibility index (Phi) is 8.94. The van der Waals surface area contributed by atoms with E-state index in [1.54, 1.807) is 30.9 Å². The average molecular weight is 665 g/mol. The first-order chi connectivity index (χ1) is 21.5. The Labute approximate surface area is 265 Å². The third kappa shape index (κ3) is 6.60. The number of amides is 2. The van der Waals surface area contributed by atoms with Crippen molar-refractivity contribution in [3.8, 4) is 0 Å². The molecule has 5 rings (SSSR count). The predicted octanol–water partition coefficient (Wildman–Crippen LogP) is 4.28. The van der Waals surface area contributed by atoms with Gasteiger partial charge in [0.2, 0.25) is 10.0 Å². The molecule has 2 fully saturated rings. The third-order valence-electron chi connectivity index (χ3n) is 9.17. The van der Waals surface area contributed by atoms with Gasteiger partial charge in [-0.1, -0.05) is 6.07 Å². The van der Waals surface area contributed by atoms with Crippen LogP contribution in [0.25, 0.3) is 6.08 Å². The minimum absolute atomic E-state index is 0.00213. The molecule has 3 aliphatic heterocycles. The number of aliphatic hydroxyl groups is 1. The number of nitrogens with one attached hydrogen (secondary N) is 1. The lowest BCUT2D eigenvalue weighted by Crippen LogP contribution is -2.50. The molecular weight excluding hydrogens is 628 g/mol. The molecular formula is C32H36F4N4O5S. The van der Waals surface area contributed by atoms with Gasteiger partial charge in [0, 0.05) is 42.7 Å². The molecule has 0 aliphatic carbocycles. The molecule has 0 aromatic heterocycles. The van der Waals surface area contributed by atoms with E-state index < -0.39 is 45.5 Å². The highest BCUT2D eigenvalue weighted by Gasteiger charge is 2.47. The van der Waals surface area contributed by atoms with E-state index in [4.69, 9.17) is 0 Å². The van der Waals surface area contributed by atoms with E-state index in [0.717, 1.165) is 11.5 Å². The van der Waals surface area contributed by atoms with Gasteiger partial charge >= 0.3 is 6.18 Å². The second-order valence-corrected chi connectivity index (χ2v) is 14.2. The highest BCUT2D eigenvalue weighted by molar-refractivity contribution is 7.92. The molecule has 46 heavy (non-hydrogen) atoms. The number of likely N-dealkylation sites (tertiary alicyclic amines) is 1. The van der Waals surface area contributed by atoms with Crippen LogP contribution in [-0.2, 0) is 21.0 Å². The number of nitrogens with zero attached hydrogens (tertiary/aromatic N) is 3. The van der Waals surface area contributed by atoms with Crippen molar-refractivity contribution in [2.45, 2.75) is 63.8 Å². The summed E-state index contributed by atoms with van der Waals surface area (Å²) in [5.74, 6) is -0.503. The molecule has 0 bridgehead atoms. The molecule has 0 saturated carbocycles. The third-order valence-corrected chi connectivity index (χ3v) is 10.7. The summed E-state index contributed by atoms with van der Waals surface area (Å²) in [6.45, 7) is 4.51. The number of amidine groups is 1. The normalized spacial score (nSPS) is 20.3. The van der Waals surface area contributed by atoms with Crippen LogP contribution < -0.4 is 5.32 Å². The van der Waals surface area contributed by atoms with Gasteiger partial charge in [-0.2, -0.15) is 17.5 Å². The van der Waals surface area contributed by atoms with E-state index in [2.05, 4.69) is 10.3 Å². The molecule has 9 nitrogen and oxygen atoms in total. The number of hydrogen-bond donors (Lipinski definition) is 2. The monoisotopic (exact) mass is 664 g/mol. The van der Waals surface area contributed by atoms with Crippen LogP contribution in [0.4, 0.5) is 17.6 Å². The quantitative estimate of drug-likeness (QED) is 0.447. The number of sulfonamides is 1. The number of aliphatic imine (C=N–C) groups is 1. The summed E-state index contributed by atoms with van der Waals surface area (Å²) in [5.41, 5.74) is -0.615. The Morgan fingerprint density at radius 3 is 2.15 bits per heavy atom. The van der Waals surface area contributed by atoms with Gasteiger partial charge in [0.05, 0.1) is 11.2 Å². The summed E-state index contributed by atoms with van der Waals surface area (Å²) in [6.07, 6.45) is -2.52. The van der Waals surface area contributed by atoms with Crippen molar-refractivity contribution < 1.29 is 40.7 Å². The van der Waals surface area contributed by atoms with Gasteiger partial charge in [0.25, 0.3) is 11.8 Å². The summed E-state index contributed by atoms with van der Waals surface area (Å²) in [4.78, 5) is 32.2. The summed E-state index contributed by atoms with van der Waals surface area (Å²) in [6, 6.07) is 6.88. The number of benzene rings is 2. The molecule has 2 amide bonds. The number of rotatable bonds is 6. The molecule has 248 valence electrons. The topological polar surface area (TPSA) is 119 Å². The molecule has 2 aromatic rings. The van der Waals surface area contributed by atoms with E-state index in [9.17, 15) is 40.7 Å². The van der Waals surface area contributed by atoms with Gasteiger partial charge in [0.1, 0.15) is 18.0 Å². The van der Waals surface area contributed by atoms with Crippen LogP contribution in [0.15, 0.2) is 40.7 Å². The molecule has 3 aliphatic rings. The number of carbonyl (C=O) groups is 2. The first-order valence-corrected chi connectivity index (χ1v) is 16.4. The molecule has 3 heterocycles. The van der Waals surface area contributed by atoms with Crippen molar-refractivity contribution in [2.24, 2.45) is 4.99 Å². The molecule has 2 aromatic carbocycles. The van der Waals surface area contributed by atoms with Gasteiger partial charge < -0.3 is 15.3 Å². The Morgan fingerprint density at radius 2 is 1.61 bits per heavy atom. The standard InChI is InChI=1S/C32H36F4N4O5S/c1-20-16-24(28(41)39-11-7-30(43,19-33)8-12-39)17-21(2)25(20)6-15-46(44,45)40-13-9-31(10-14-40)29(42)37-27(38-31)23-4-5-26(22(3)18-23)32(34,35)36/h4-6,15-18,43H,7-14,19H2,1-3H3,(H,37,38,42). The Bertz CT molecular complexity index is 1700.